The summed E-state index contributed by atoms with van der Waals surface area (Å²) in [5, 5.41) is 0. The van der Waals surface area contributed by atoms with Gasteiger partial charge in [-0.2, -0.15) is 0 Å². The normalized spacial score (nSPS) is 14.8. The highest BCUT2D eigenvalue weighted by Crippen LogP contribution is 2.43. The van der Waals surface area contributed by atoms with Crippen LogP contribution < -0.4 is 0 Å². The van der Waals surface area contributed by atoms with E-state index in [1.54, 1.807) is 0 Å². The molecule has 0 N–H and O–H groups in total. The highest BCUT2D eigenvalue weighted by Gasteiger charge is 2.31. The molecular weight excluding hydrogens is 192 g/mol. The van der Waals surface area contributed by atoms with E-state index in [-0.39, 0.29) is 0 Å². The average Bonchev–Trinajstić information content (AvgIpc) is 2.29. The highest BCUT2D eigenvalue weighted by molar-refractivity contribution is 4.91. The van der Waals surface area contributed by atoms with Crippen molar-refractivity contribution < 1.29 is 0 Å². The van der Waals surface area contributed by atoms with Gasteiger partial charge in [0.15, 0.2) is 0 Å². The van der Waals surface area contributed by atoms with E-state index < -0.39 is 0 Å². The van der Waals surface area contributed by atoms with E-state index in [4.69, 9.17) is 0 Å². The summed E-state index contributed by atoms with van der Waals surface area (Å²) in [6, 6.07) is 0. The molecule has 0 fully saturated rings. The third-order valence-electron chi connectivity index (χ3n) is 4.21. The van der Waals surface area contributed by atoms with E-state index in [1.165, 1.54) is 25.7 Å². The predicted molar refractivity (Wildman–Crippen MR) is 73.5 cm³/mol. The second-order valence-corrected chi connectivity index (χ2v) is 5.59. The lowest BCUT2D eigenvalue weighted by molar-refractivity contribution is 0.144. The molecular formula is C16H28. The lowest BCUT2D eigenvalue weighted by atomic mass is 9.68. The van der Waals surface area contributed by atoms with Gasteiger partial charge in [-0.15, -0.1) is 0 Å². The Morgan fingerprint density at radius 1 is 1.00 bits per heavy atom. The molecule has 92 valence electrons. The number of hydrogen-bond donors (Lipinski definition) is 0. The summed E-state index contributed by atoms with van der Waals surface area (Å²) in [6.45, 7) is 15.2. The number of rotatable bonds is 7. The second kappa shape index (κ2) is 6.79. The van der Waals surface area contributed by atoms with E-state index in [9.17, 15) is 0 Å². The molecule has 0 aromatic heterocycles. The standard InChI is InChI=1S/C16H28/c1-7-11-12-13-16(6,10-4)14-15(5,8-2)9-3/h12H,1,8-10,13-14H2,2-6H3. The number of allylic oxidation sites excluding steroid dienone is 1. The Morgan fingerprint density at radius 2 is 1.50 bits per heavy atom. The van der Waals surface area contributed by atoms with E-state index in [1.807, 2.05) is 0 Å². The molecule has 0 aromatic carbocycles. The average molecular weight is 220 g/mol. The summed E-state index contributed by atoms with van der Waals surface area (Å²) < 4.78 is 0. The van der Waals surface area contributed by atoms with Gasteiger partial charge >= 0.3 is 0 Å². The van der Waals surface area contributed by atoms with Crippen LogP contribution in [-0.2, 0) is 0 Å². The topological polar surface area (TPSA) is 0 Å². The van der Waals surface area contributed by atoms with Gasteiger partial charge in [-0.25, -0.2) is 0 Å². The van der Waals surface area contributed by atoms with Crippen molar-refractivity contribution >= 4 is 0 Å². The quantitative estimate of drug-likeness (QED) is 0.497. The second-order valence-electron chi connectivity index (χ2n) is 5.59. The van der Waals surface area contributed by atoms with Crippen LogP contribution in [0, 0.1) is 10.8 Å². The van der Waals surface area contributed by atoms with E-state index in [0.717, 1.165) is 6.42 Å². The monoisotopic (exact) mass is 220 g/mol. The Labute approximate surface area is 102 Å². The first-order chi connectivity index (χ1) is 7.45. The number of hydrogen-bond acceptors (Lipinski definition) is 0. The van der Waals surface area contributed by atoms with Gasteiger partial charge in [-0.05, 0) is 36.3 Å². The summed E-state index contributed by atoms with van der Waals surface area (Å²) in [4.78, 5) is 0. The zero-order valence-electron chi connectivity index (χ0n) is 11.8. The molecule has 0 rings (SSSR count). The molecule has 1 atom stereocenters. The first-order valence-corrected chi connectivity index (χ1v) is 6.54. The molecule has 0 aliphatic rings. The van der Waals surface area contributed by atoms with Gasteiger partial charge in [0.2, 0.25) is 0 Å². The molecule has 0 aliphatic carbocycles. The van der Waals surface area contributed by atoms with E-state index in [2.05, 4.69) is 58.7 Å². The van der Waals surface area contributed by atoms with Gasteiger partial charge in [-0.3, -0.25) is 0 Å². The van der Waals surface area contributed by atoms with Gasteiger partial charge in [0.1, 0.15) is 0 Å². The fraction of sp³-hybridized carbons (Fsp3) is 0.750. The van der Waals surface area contributed by atoms with Crippen molar-refractivity contribution in [2.45, 2.75) is 66.7 Å². The van der Waals surface area contributed by atoms with Crippen LogP contribution >= 0.6 is 0 Å². The van der Waals surface area contributed by atoms with Gasteiger partial charge in [0, 0.05) is 0 Å². The minimum Gasteiger partial charge on any atom is -0.0785 e. The van der Waals surface area contributed by atoms with Crippen molar-refractivity contribution in [1.29, 1.82) is 0 Å². The minimum absolute atomic E-state index is 0.393. The summed E-state index contributed by atoms with van der Waals surface area (Å²) in [7, 11) is 0. The lowest BCUT2D eigenvalue weighted by Crippen LogP contribution is -2.26. The molecule has 0 aliphatic heterocycles. The lowest BCUT2D eigenvalue weighted by Gasteiger charge is -2.38. The first-order valence-electron chi connectivity index (χ1n) is 6.54. The SMILES string of the molecule is C=C=C=CCC(C)(CC)CC(C)(CC)CC. The molecule has 16 heavy (non-hydrogen) atoms. The van der Waals surface area contributed by atoms with Gasteiger partial charge < -0.3 is 0 Å². The summed E-state index contributed by atoms with van der Waals surface area (Å²) in [5.74, 6) is 0. The summed E-state index contributed by atoms with van der Waals surface area (Å²) >= 11 is 0. The van der Waals surface area contributed by atoms with Crippen LogP contribution in [-0.4, -0.2) is 0 Å². The highest BCUT2D eigenvalue weighted by atomic mass is 14.4. The van der Waals surface area contributed by atoms with Gasteiger partial charge in [-0.1, -0.05) is 65.3 Å². The Balaban J connectivity index is 4.70. The molecule has 0 heterocycles. The maximum atomic E-state index is 3.55. The largest absolute Gasteiger partial charge is 0.0785 e. The molecule has 0 heteroatoms. The molecule has 0 aromatic rings. The summed E-state index contributed by atoms with van der Waals surface area (Å²) in [6.07, 6.45) is 8.21. The third kappa shape index (κ3) is 4.88. The van der Waals surface area contributed by atoms with Crippen molar-refractivity contribution in [1.82, 2.24) is 0 Å². The van der Waals surface area contributed by atoms with Crippen LogP contribution in [0.25, 0.3) is 0 Å². The first kappa shape index (κ1) is 15.3. The van der Waals surface area contributed by atoms with Crippen LogP contribution in [0.1, 0.15) is 66.7 Å². The Kier molecular flexibility index (Phi) is 6.49. The van der Waals surface area contributed by atoms with Crippen LogP contribution in [0.3, 0.4) is 0 Å². The minimum atomic E-state index is 0.393. The summed E-state index contributed by atoms with van der Waals surface area (Å²) in [5.41, 5.74) is 6.55. The maximum absolute atomic E-state index is 3.55. The molecule has 0 nitrogen and oxygen atoms in total. The van der Waals surface area contributed by atoms with Crippen molar-refractivity contribution in [2.24, 2.45) is 10.8 Å². The van der Waals surface area contributed by atoms with Crippen molar-refractivity contribution in [3.8, 4) is 0 Å². The van der Waals surface area contributed by atoms with Crippen LogP contribution in [0.4, 0.5) is 0 Å². The molecule has 0 saturated carbocycles. The Bertz CT molecular complexity index is 270. The van der Waals surface area contributed by atoms with Gasteiger partial charge in [0.25, 0.3) is 0 Å². The predicted octanol–water partition coefficient (Wildman–Crippen LogP) is 5.51. The zero-order chi connectivity index (χ0) is 12.7. The molecule has 0 amide bonds. The van der Waals surface area contributed by atoms with Gasteiger partial charge in [0.05, 0.1) is 0 Å². The van der Waals surface area contributed by atoms with Crippen LogP contribution in [0.2, 0.25) is 0 Å². The molecule has 1 unspecified atom stereocenters. The molecule has 0 radical (unpaired) electrons. The fourth-order valence-electron chi connectivity index (χ4n) is 2.24. The Morgan fingerprint density at radius 3 is 1.88 bits per heavy atom. The molecule has 0 saturated heterocycles. The van der Waals surface area contributed by atoms with Crippen molar-refractivity contribution in [3.05, 3.63) is 24.1 Å². The van der Waals surface area contributed by atoms with Crippen LogP contribution in [0.15, 0.2) is 24.1 Å². The maximum Gasteiger partial charge on any atom is -0.0214 e. The van der Waals surface area contributed by atoms with Crippen molar-refractivity contribution in [2.75, 3.05) is 0 Å². The third-order valence-corrected chi connectivity index (χ3v) is 4.21. The van der Waals surface area contributed by atoms with Crippen molar-refractivity contribution in [3.63, 3.8) is 0 Å². The smallest absolute Gasteiger partial charge is 0.0214 e. The molecule has 0 spiro atoms. The van der Waals surface area contributed by atoms with Crippen LogP contribution in [0.5, 0.6) is 0 Å². The molecule has 0 bridgehead atoms. The van der Waals surface area contributed by atoms with E-state index >= 15 is 0 Å². The zero-order valence-corrected chi connectivity index (χ0v) is 11.8. The fourth-order valence-corrected chi connectivity index (χ4v) is 2.24. The Hall–Kier alpha value is -0.700. The van der Waals surface area contributed by atoms with E-state index in [0.29, 0.717) is 10.8 Å².